The third kappa shape index (κ3) is 7.55. The number of rotatable bonds is 6. The highest BCUT2D eigenvalue weighted by molar-refractivity contribution is 6.30. The Morgan fingerprint density at radius 1 is 1.30 bits per heavy atom. The van der Waals surface area contributed by atoms with E-state index < -0.39 is 11.7 Å². The topological polar surface area (TPSA) is 50.4 Å². The van der Waals surface area contributed by atoms with Crippen molar-refractivity contribution in [3.63, 3.8) is 0 Å². The number of carbonyl (C=O) groups excluding carboxylic acids is 1. The summed E-state index contributed by atoms with van der Waals surface area (Å²) >= 11 is 5.88. The van der Waals surface area contributed by atoms with Crippen LogP contribution in [0, 0.1) is 17.7 Å². The first-order chi connectivity index (χ1) is 10.6. The highest BCUT2D eigenvalue weighted by Crippen LogP contribution is 2.21. The van der Waals surface area contributed by atoms with E-state index in [9.17, 15) is 9.18 Å². The lowest BCUT2D eigenvalue weighted by atomic mass is 9.95. The molecule has 1 aromatic rings. The number of amides is 1. The molecule has 4 nitrogen and oxygen atoms in total. The average Bonchev–Trinajstić information content (AvgIpc) is 2.40. The summed E-state index contributed by atoms with van der Waals surface area (Å²) in [7, 11) is 0. The molecule has 1 amide bonds. The van der Waals surface area contributed by atoms with Crippen molar-refractivity contribution in [2.45, 2.75) is 40.2 Å². The highest BCUT2D eigenvalue weighted by Gasteiger charge is 2.19. The summed E-state index contributed by atoms with van der Waals surface area (Å²) in [5, 5.41) is 6.29. The number of anilines is 1. The molecule has 6 heteroatoms. The summed E-state index contributed by atoms with van der Waals surface area (Å²) in [5.74, 6) is 0.0811. The lowest BCUT2D eigenvalue weighted by molar-refractivity contribution is 0.0516. The van der Waals surface area contributed by atoms with E-state index in [1.807, 2.05) is 20.8 Å². The highest BCUT2D eigenvalue weighted by atomic mass is 35.5. The van der Waals surface area contributed by atoms with Gasteiger partial charge in [0.1, 0.15) is 11.4 Å². The number of ether oxygens (including phenoxy) is 1. The van der Waals surface area contributed by atoms with Crippen molar-refractivity contribution in [2.75, 3.05) is 18.4 Å². The predicted molar refractivity (Wildman–Crippen MR) is 92.5 cm³/mol. The lowest BCUT2D eigenvalue weighted by Crippen LogP contribution is -2.38. The SMILES string of the molecule is CC(C)C(CNC(=O)OC(C)(C)C)CNc1cc(Cl)ccc1F. The molecule has 23 heavy (non-hydrogen) atoms. The number of alkyl carbamates (subject to hydrolysis) is 1. The van der Waals surface area contributed by atoms with Gasteiger partial charge in [-0.1, -0.05) is 25.4 Å². The Kier molecular flexibility index (Phi) is 7.13. The number of hydrogen-bond donors (Lipinski definition) is 2. The fourth-order valence-electron chi connectivity index (χ4n) is 1.95. The minimum absolute atomic E-state index is 0.126. The predicted octanol–water partition coefficient (Wildman–Crippen LogP) is 4.69. The van der Waals surface area contributed by atoms with Crippen LogP contribution >= 0.6 is 11.6 Å². The molecule has 0 spiro atoms. The van der Waals surface area contributed by atoms with Gasteiger partial charge in [-0.2, -0.15) is 0 Å². The van der Waals surface area contributed by atoms with E-state index in [0.717, 1.165) is 0 Å². The molecule has 0 aliphatic heterocycles. The second-order valence-corrected chi connectivity index (χ2v) is 7.33. The van der Waals surface area contributed by atoms with Gasteiger partial charge in [0, 0.05) is 18.1 Å². The lowest BCUT2D eigenvalue weighted by Gasteiger charge is -2.24. The summed E-state index contributed by atoms with van der Waals surface area (Å²) < 4.78 is 18.9. The van der Waals surface area contributed by atoms with E-state index >= 15 is 0 Å². The van der Waals surface area contributed by atoms with Gasteiger partial charge >= 0.3 is 6.09 Å². The first kappa shape index (κ1) is 19.6. The Bertz CT molecular complexity index is 530. The normalized spacial score (nSPS) is 12.9. The maximum absolute atomic E-state index is 13.7. The maximum Gasteiger partial charge on any atom is 0.407 e. The molecule has 130 valence electrons. The van der Waals surface area contributed by atoms with E-state index in [4.69, 9.17) is 16.3 Å². The average molecular weight is 345 g/mol. The van der Waals surface area contributed by atoms with Crippen molar-refractivity contribution in [1.82, 2.24) is 5.32 Å². The number of carbonyl (C=O) groups is 1. The summed E-state index contributed by atoms with van der Waals surface area (Å²) in [6.45, 7) is 10.5. The molecule has 0 saturated carbocycles. The van der Waals surface area contributed by atoms with Crippen molar-refractivity contribution < 1.29 is 13.9 Å². The van der Waals surface area contributed by atoms with Gasteiger partial charge in [0.05, 0.1) is 5.69 Å². The van der Waals surface area contributed by atoms with Gasteiger partial charge in [-0.15, -0.1) is 0 Å². The molecule has 0 fully saturated rings. The molecule has 0 heterocycles. The zero-order valence-corrected chi connectivity index (χ0v) is 15.1. The zero-order chi connectivity index (χ0) is 17.6. The molecular weight excluding hydrogens is 319 g/mol. The number of halogens is 2. The van der Waals surface area contributed by atoms with Crippen molar-refractivity contribution in [2.24, 2.45) is 11.8 Å². The number of nitrogens with one attached hydrogen (secondary N) is 2. The Hall–Kier alpha value is -1.49. The molecule has 0 aromatic heterocycles. The van der Waals surface area contributed by atoms with Crippen molar-refractivity contribution in [1.29, 1.82) is 0 Å². The van der Waals surface area contributed by atoms with Crippen LogP contribution in [-0.2, 0) is 4.74 Å². The molecular formula is C17H26ClFN2O2. The van der Waals surface area contributed by atoms with Crippen LogP contribution in [0.5, 0.6) is 0 Å². The van der Waals surface area contributed by atoms with Gasteiger partial charge in [0.2, 0.25) is 0 Å². The fraction of sp³-hybridized carbons (Fsp3) is 0.588. The van der Waals surface area contributed by atoms with E-state index in [-0.39, 0.29) is 11.7 Å². The Morgan fingerprint density at radius 2 is 1.96 bits per heavy atom. The van der Waals surface area contributed by atoms with Crippen molar-refractivity contribution in [3.8, 4) is 0 Å². The Balaban J connectivity index is 2.56. The van der Waals surface area contributed by atoms with Crippen LogP contribution in [0.25, 0.3) is 0 Å². The largest absolute Gasteiger partial charge is 0.444 e. The molecule has 0 radical (unpaired) electrons. The number of hydrogen-bond acceptors (Lipinski definition) is 3. The van der Waals surface area contributed by atoms with Gasteiger partial charge in [-0.25, -0.2) is 9.18 Å². The van der Waals surface area contributed by atoms with Crippen molar-refractivity contribution >= 4 is 23.4 Å². The fourth-order valence-corrected chi connectivity index (χ4v) is 2.12. The Morgan fingerprint density at radius 3 is 2.52 bits per heavy atom. The summed E-state index contributed by atoms with van der Waals surface area (Å²) in [6.07, 6.45) is -0.447. The van der Waals surface area contributed by atoms with Gasteiger partial charge in [0.15, 0.2) is 0 Å². The third-order valence-electron chi connectivity index (χ3n) is 3.33. The van der Waals surface area contributed by atoms with Gasteiger partial charge in [-0.3, -0.25) is 0 Å². The van der Waals surface area contributed by atoms with E-state index in [0.29, 0.717) is 29.7 Å². The summed E-state index contributed by atoms with van der Waals surface area (Å²) in [5.41, 5.74) is -0.167. The first-order valence-corrected chi connectivity index (χ1v) is 8.12. The van der Waals surface area contributed by atoms with Gasteiger partial charge in [-0.05, 0) is 50.8 Å². The van der Waals surface area contributed by atoms with Gasteiger partial charge < -0.3 is 15.4 Å². The number of benzene rings is 1. The molecule has 0 aliphatic carbocycles. The summed E-state index contributed by atoms with van der Waals surface area (Å²) in [4.78, 5) is 11.7. The van der Waals surface area contributed by atoms with Crippen LogP contribution in [0.4, 0.5) is 14.9 Å². The minimum atomic E-state index is -0.528. The molecule has 1 rings (SSSR count). The molecule has 0 aliphatic rings. The van der Waals surface area contributed by atoms with Crippen LogP contribution in [0.3, 0.4) is 0 Å². The molecule has 0 bridgehead atoms. The smallest absolute Gasteiger partial charge is 0.407 e. The van der Waals surface area contributed by atoms with E-state index in [1.165, 1.54) is 12.1 Å². The maximum atomic E-state index is 13.7. The second kappa shape index (κ2) is 8.39. The van der Waals surface area contributed by atoms with Crippen LogP contribution < -0.4 is 10.6 Å². The van der Waals surface area contributed by atoms with Gasteiger partial charge in [0.25, 0.3) is 0 Å². The van der Waals surface area contributed by atoms with E-state index in [2.05, 4.69) is 24.5 Å². The van der Waals surface area contributed by atoms with Crippen molar-refractivity contribution in [3.05, 3.63) is 29.0 Å². The standard InChI is InChI=1S/C17H26ClFN2O2/c1-11(2)12(10-21-16(22)23-17(3,4)5)9-20-15-8-13(18)6-7-14(15)19/h6-8,11-12,20H,9-10H2,1-5H3,(H,21,22). The van der Waals surface area contributed by atoms with E-state index in [1.54, 1.807) is 6.07 Å². The second-order valence-electron chi connectivity index (χ2n) is 6.89. The molecule has 0 saturated heterocycles. The minimum Gasteiger partial charge on any atom is -0.444 e. The van der Waals surface area contributed by atoms with Crippen LogP contribution in [0.1, 0.15) is 34.6 Å². The molecule has 2 N–H and O–H groups in total. The van der Waals surface area contributed by atoms with Crippen LogP contribution in [0.2, 0.25) is 5.02 Å². The first-order valence-electron chi connectivity index (χ1n) is 7.74. The zero-order valence-electron chi connectivity index (χ0n) is 14.4. The molecule has 1 unspecified atom stereocenters. The van der Waals surface area contributed by atoms with Crippen LogP contribution in [-0.4, -0.2) is 24.8 Å². The Labute approximate surface area is 142 Å². The third-order valence-corrected chi connectivity index (χ3v) is 3.57. The monoisotopic (exact) mass is 344 g/mol. The summed E-state index contributed by atoms with van der Waals surface area (Å²) in [6, 6.07) is 4.38. The van der Waals surface area contributed by atoms with Crippen LogP contribution in [0.15, 0.2) is 18.2 Å². The quantitative estimate of drug-likeness (QED) is 0.787. The molecule has 1 atom stereocenters. The molecule has 1 aromatic carbocycles.